The molecule has 0 unspecified atom stereocenters. The molecule has 0 amide bonds. The van der Waals surface area contributed by atoms with Crippen molar-refractivity contribution in [2.45, 2.75) is 12.8 Å². The van der Waals surface area contributed by atoms with E-state index in [1.165, 1.54) is 0 Å². The van der Waals surface area contributed by atoms with Crippen LogP contribution in [-0.2, 0) is 6.42 Å². The SMILES string of the molecule is NCCCc1cc2c(c(Cl)c1F)OCCO2. The van der Waals surface area contributed by atoms with E-state index < -0.39 is 5.82 Å². The predicted octanol–water partition coefficient (Wildman–Crippen LogP) is 2.14. The molecule has 2 rings (SSSR count). The van der Waals surface area contributed by atoms with Gasteiger partial charge in [0.05, 0.1) is 0 Å². The molecule has 16 heavy (non-hydrogen) atoms. The Balaban J connectivity index is 2.36. The van der Waals surface area contributed by atoms with Gasteiger partial charge in [0.25, 0.3) is 0 Å². The third-order valence-corrected chi connectivity index (χ3v) is 2.78. The van der Waals surface area contributed by atoms with Crippen molar-refractivity contribution >= 4 is 11.6 Å². The highest BCUT2D eigenvalue weighted by molar-refractivity contribution is 6.32. The maximum absolute atomic E-state index is 13.8. The molecule has 0 saturated carbocycles. The predicted molar refractivity (Wildman–Crippen MR) is 59.8 cm³/mol. The second kappa shape index (κ2) is 4.89. The van der Waals surface area contributed by atoms with Crippen molar-refractivity contribution < 1.29 is 13.9 Å². The molecule has 5 heteroatoms. The minimum absolute atomic E-state index is 0.00391. The van der Waals surface area contributed by atoms with E-state index in [1.54, 1.807) is 6.07 Å². The van der Waals surface area contributed by atoms with Crippen molar-refractivity contribution in [1.29, 1.82) is 0 Å². The molecule has 2 N–H and O–H groups in total. The van der Waals surface area contributed by atoms with Gasteiger partial charge in [-0.25, -0.2) is 4.39 Å². The topological polar surface area (TPSA) is 44.5 Å². The summed E-state index contributed by atoms with van der Waals surface area (Å²) in [4.78, 5) is 0. The molecule has 1 aromatic rings. The van der Waals surface area contributed by atoms with Crippen molar-refractivity contribution in [3.8, 4) is 11.5 Å². The van der Waals surface area contributed by atoms with Gasteiger partial charge < -0.3 is 15.2 Å². The molecule has 0 fully saturated rings. The van der Waals surface area contributed by atoms with Crippen LogP contribution in [0.1, 0.15) is 12.0 Å². The summed E-state index contributed by atoms with van der Waals surface area (Å²) in [6, 6.07) is 1.64. The van der Waals surface area contributed by atoms with E-state index in [0.717, 1.165) is 0 Å². The molecule has 88 valence electrons. The average molecular weight is 246 g/mol. The van der Waals surface area contributed by atoms with Crippen LogP contribution < -0.4 is 15.2 Å². The van der Waals surface area contributed by atoms with Gasteiger partial charge in [0.1, 0.15) is 24.1 Å². The molecule has 3 nitrogen and oxygen atoms in total. The Bertz CT molecular complexity index is 398. The van der Waals surface area contributed by atoms with Crippen LogP contribution in [0.15, 0.2) is 6.07 Å². The van der Waals surface area contributed by atoms with Crippen molar-refractivity contribution in [2.75, 3.05) is 19.8 Å². The van der Waals surface area contributed by atoms with Crippen LogP contribution in [0.25, 0.3) is 0 Å². The standard InChI is InChI=1S/C11H13ClFNO2/c12-9-10(13)7(2-1-3-14)6-8-11(9)16-5-4-15-8/h6H,1-5,14H2. The fraction of sp³-hybridized carbons (Fsp3) is 0.455. The maximum atomic E-state index is 13.8. The molecule has 0 aromatic heterocycles. The lowest BCUT2D eigenvalue weighted by Gasteiger charge is -2.20. The Morgan fingerprint density at radius 2 is 2.12 bits per heavy atom. The Hall–Kier alpha value is -1.00. The zero-order valence-electron chi connectivity index (χ0n) is 8.76. The Kier molecular flexibility index (Phi) is 3.51. The van der Waals surface area contributed by atoms with Crippen LogP contribution in [0, 0.1) is 5.82 Å². The van der Waals surface area contributed by atoms with Gasteiger partial charge in [0, 0.05) is 0 Å². The number of fused-ring (bicyclic) bond motifs is 1. The normalized spacial score (nSPS) is 13.9. The molecular formula is C11H13ClFNO2. The van der Waals surface area contributed by atoms with Gasteiger partial charge in [-0.05, 0) is 31.0 Å². The number of nitrogens with two attached hydrogens (primary N) is 1. The van der Waals surface area contributed by atoms with Crippen LogP contribution in [0.3, 0.4) is 0 Å². The highest BCUT2D eigenvalue weighted by atomic mass is 35.5. The van der Waals surface area contributed by atoms with E-state index in [2.05, 4.69) is 0 Å². The fourth-order valence-electron chi connectivity index (χ4n) is 1.65. The van der Waals surface area contributed by atoms with Gasteiger partial charge in [0.15, 0.2) is 11.5 Å². The van der Waals surface area contributed by atoms with Crippen LogP contribution >= 0.6 is 11.6 Å². The average Bonchev–Trinajstić information content (AvgIpc) is 2.32. The second-order valence-electron chi connectivity index (χ2n) is 3.58. The van der Waals surface area contributed by atoms with E-state index in [0.29, 0.717) is 49.7 Å². The number of ether oxygens (including phenoxy) is 2. The Morgan fingerprint density at radius 1 is 1.38 bits per heavy atom. The lowest BCUT2D eigenvalue weighted by molar-refractivity contribution is 0.170. The van der Waals surface area contributed by atoms with E-state index in [-0.39, 0.29) is 5.02 Å². The van der Waals surface area contributed by atoms with Gasteiger partial charge in [-0.15, -0.1) is 0 Å². The number of hydrogen-bond donors (Lipinski definition) is 1. The first-order valence-corrected chi connectivity index (χ1v) is 5.58. The molecule has 1 aliphatic heterocycles. The first-order chi connectivity index (χ1) is 7.74. The second-order valence-corrected chi connectivity index (χ2v) is 3.96. The first kappa shape index (κ1) is 11.5. The molecule has 0 bridgehead atoms. The number of benzene rings is 1. The van der Waals surface area contributed by atoms with Gasteiger partial charge >= 0.3 is 0 Å². The number of aryl methyl sites for hydroxylation is 1. The lowest BCUT2D eigenvalue weighted by Crippen LogP contribution is -2.16. The van der Waals surface area contributed by atoms with Gasteiger partial charge in [-0.3, -0.25) is 0 Å². The highest BCUT2D eigenvalue weighted by Gasteiger charge is 2.21. The summed E-state index contributed by atoms with van der Waals surface area (Å²) in [7, 11) is 0. The summed E-state index contributed by atoms with van der Waals surface area (Å²) in [6.45, 7) is 1.38. The fourth-order valence-corrected chi connectivity index (χ4v) is 1.92. The molecule has 0 radical (unpaired) electrons. The molecule has 1 heterocycles. The van der Waals surface area contributed by atoms with Crippen molar-refractivity contribution in [3.05, 3.63) is 22.5 Å². The molecule has 0 spiro atoms. The van der Waals surface area contributed by atoms with Gasteiger partial charge in [-0.2, -0.15) is 0 Å². The molecule has 0 aliphatic carbocycles. The highest BCUT2D eigenvalue weighted by Crippen LogP contribution is 2.40. The smallest absolute Gasteiger partial charge is 0.182 e. The van der Waals surface area contributed by atoms with Crippen LogP contribution in [0.4, 0.5) is 4.39 Å². The first-order valence-electron chi connectivity index (χ1n) is 5.20. The summed E-state index contributed by atoms with van der Waals surface area (Å²) in [6.07, 6.45) is 1.27. The Labute approximate surface area is 98.3 Å². The van der Waals surface area contributed by atoms with E-state index in [9.17, 15) is 4.39 Å². The number of rotatable bonds is 3. The summed E-state index contributed by atoms with van der Waals surface area (Å²) in [5.41, 5.74) is 5.92. The monoisotopic (exact) mass is 245 g/mol. The maximum Gasteiger partial charge on any atom is 0.182 e. The molecule has 0 atom stereocenters. The molecule has 1 aromatic carbocycles. The number of hydrogen-bond acceptors (Lipinski definition) is 3. The van der Waals surface area contributed by atoms with E-state index in [1.807, 2.05) is 0 Å². The Morgan fingerprint density at radius 3 is 2.88 bits per heavy atom. The van der Waals surface area contributed by atoms with E-state index >= 15 is 0 Å². The summed E-state index contributed by atoms with van der Waals surface area (Å²) in [5, 5.41) is 0.00391. The summed E-state index contributed by atoms with van der Waals surface area (Å²) >= 11 is 5.88. The minimum atomic E-state index is -0.431. The summed E-state index contributed by atoms with van der Waals surface area (Å²) in [5.74, 6) is 0.394. The third-order valence-electron chi connectivity index (χ3n) is 2.44. The van der Waals surface area contributed by atoms with Crippen LogP contribution in [0.2, 0.25) is 5.02 Å². The zero-order chi connectivity index (χ0) is 11.5. The van der Waals surface area contributed by atoms with Gasteiger partial charge in [-0.1, -0.05) is 11.6 Å². The largest absolute Gasteiger partial charge is 0.486 e. The van der Waals surface area contributed by atoms with Crippen molar-refractivity contribution in [3.63, 3.8) is 0 Å². The molecular weight excluding hydrogens is 233 g/mol. The zero-order valence-corrected chi connectivity index (χ0v) is 9.52. The summed E-state index contributed by atoms with van der Waals surface area (Å²) < 4.78 is 24.5. The number of halogens is 2. The third kappa shape index (κ3) is 2.08. The van der Waals surface area contributed by atoms with Crippen LogP contribution in [-0.4, -0.2) is 19.8 Å². The molecule has 1 aliphatic rings. The lowest BCUT2D eigenvalue weighted by atomic mass is 10.1. The van der Waals surface area contributed by atoms with E-state index in [4.69, 9.17) is 26.8 Å². The van der Waals surface area contributed by atoms with Gasteiger partial charge in [0.2, 0.25) is 0 Å². The van der Waals surface area contributed by atoms with Crippen LogP contribution in [0.5, 0.6) is 11.5 Å². The van der Waals surface area contributed by atoms with Crippen molar-refractivity contribution in [1.82, 2.24) is 0 Å². The molecule has 0 saturated heterocycles. The minimum Gasteiger partial charge on any atom is -0.486 e. The van der Waals surface area contributed by atoms with Crippen molar-refractivity contribution in [2.24, 2.45) is 5.73 Å². The quantitative estimate of drug-likeness (QED) is 0.887.